The molecule has 2 atom stereocenters. The van der Waals surface area contributed by atoms with Crippen molar-refractivity contribution in [1.29, 1.82) is 0 Å². The molecule has 130 valence electrons. The fourth-order valence-corrected chi connectivity index (χ4v) is 3.69. The molecule has 0 fully saturated rings. The van der Waals surface area contributed by atoms with E-state index in [1.54, 1.807) is 10.2 Å². The van der Waals surface area contributed by atoms with Crippen LogP contribution in [-0.4, -0.2) is 33.1 Å². The highest BCUT2D eigenvalue weighted by atomic mass is 32.1. The van der Waals surface area contributed by atoms with Crippen molar-refractivity contribution >= 4 is 17.8 Å². The van der Waals surface area contributed by atoms with Gasteiger partial charge in [0.05, 0.1) is 21.8 Å². The van der Waals surface area contributed by atoms with Crippen LogP contribution in [0.3, 0.4) is 0 Å². The zero-order chi connectivity index (χ0) is 17.6. The normalized spacial score (nSPS) is 13.4. The average molecular weight is 356 g/mol. The molecule has 0 saturated carbocycles. The Labute approximate surface area is 150 Å². The van der Waals surface area contributed by atoms with Gasteiger partial charge in [0, 0.05) is 6.20 Å². The van der Waals surface area contributed by atoms with Crippen LogP contribution in [0.1, 0.15) is 40.7 Å². The van der Waals surface area contributed by atoms with Crippen molar-refractivity contribution < 1.29 is 9.53 Å². The highest BCUT2D eigenvalue weighted by Gasteiger charge is 2.21. The van der Waals surface area contributed by atoms with Crippen molar-refractivity contribution in [1.82, 2.24) is 20.0 Å². The first-order valence-electron chi connectivity index (χ1n) is 8.10. The van der Waals surface area contributed by atoms with Gasteiger partial charge in [-0.15, -0.1) is 16.4 Å². The van der Waals surface area contributed by atoms with E-state index < -0.39 is 0 Å². The number of hydrogen-bond acceptors (Lipinski definition) is 6. The molecule has 0 aliphatic rings. The van der Waals surface area contributed by atoms with Gasteiger partial charge in [-0.25, -0.2) is 9.67 Å². The van der Waals surface area contributed by atoms with E-state index in [1.165, 1.54) is 16.9 Å². The predicted octanol–water partition coefficient (Wildman–Crippen LogP) is 3.15. The van der Waals surface area contributed by atoms with Gasteiger partial charge in [-0.3, -0.25) is 4.79 Å². The fraction of sp³-hybridized carbons (Fsp3) is 0.333. The smallest absolute Gasteiger partial charge is 0.293 e. The topological polar surface area (TPSA) is 69.9 Å². The zero-order valence-electron chi connectivity index (χ0n) is 14.2. The molecule has 25 heavy (non-hydrogen) atoms. The van der Waals surface area contributed by atoms with Gasteiger partial charge < -0.3 is 4.74 Å². The van der Waals surface area contributed by atoms with Gasteiger partial charge in [-0.2, -0.15) is 0 Å². The Bertz CT molecular complexity index is 815. The molecule has 0 bridgehead atoms. The molecule has 2 aromatic heterocycles. The standard InChI is InChI=1S/C18H20N4O2S/c1-13(15-6-4-3-5-7-15)8-16-9-22(21-20-16)17(10-24-12-23)18-14(2)19-11-25-18/h3-7,9,11-13,17H,8,10H2,1-2H3. The molecule has 3 rings (SSSR count). The van der Waals surface area contributed by atoms with Gasteiger partial charge >= 0.3 is 0 Å². The lowest BCUT2D eigenvalue weighted by Crippen LogP contribution is -2.17. The number of carbonyl (C=O) groups excluding carboxylic acids is 1. The number of nitrogens with zero attached hydrogens (tertiary/aromatic N) is 4. The minimum absolute atomic E-state index is 0.203. The van der Waals surface area contributed by atoms with E-state index >= 15 is 0 Å². The Kier molecular flexibility index (Phi) is 5.55. The summed E-state index contributed by atoms with van der Waals surface area (Å²) in [6, 6.07) is 10.1. The summed E-state index contributed by atoms with van der Waals surface area (Å²) in [4.78, 5) is 15.9. The second kappa shape index (κ2) is 8.02. The Balaban J connectivity index is 1.78. The third kappa shape index (κ3) is 4.11. The van der Waals surface area contributed by atoms with Crippen molar-refractivity contribution in [2.45, 2.75) is 32.2 Å². The monoisotopic (exact) mass is 356 g/mol. The summed E-state index contributed by atoms with van der Waals surface area (Å²) < 4.78 is 6.76. The molecule has 3 aromatic rings. The Morgan fingerprint density at radius 2 is 2.12 bits per heavy atom. The number of thiazole rings is 1. The first kappa shape index (κ1) is 17.3. The maximum atomic E-state index is 10.6. The molecule has 2 unspecified atom stereocenters. The number of hydrogen-bond donors (Lipinski definition) is 0. The van der Waals surface area contributed by atoms with Crippen LogP contribution in [0, 0.1) is 6.92 Å². The van der Waals surface area contributed by atoms with Crippen molar-refractivity contribution in [3.63, 3.8) is 0 Å². The molecule has 0 amide bonds. The minimum atomic E-state index is -0.203. The predicted molar refractivity (Wildman–Crippen MR) is 95.6 cm³/mol. The van der Waals surface area contributed by atoms with Crippen LogP contribution in [-0.2, 0) is 16.0 Å². The van der Waals surface area contributed by atoms with Crippen LogP contribution in [0.15, 0.2) is 42.0 Å². The number of carbonyl (C=O) groups is 1. The summed E-state index contributed by atoms with van der Waals surface area (Å²) in [6.45, 7) is 4.78. The summed E-state index contributed by atoms with van der Waals surface area (Å²) in [5.41, 5.74) is 4.89. The molecule has 0 aliphatic carbocycles. The molecule has 7 heteroatoms. The second-order valence-corrected chi connectivity index (χ2v) is 6.84. The lowest BCUT2D eigenvalue weighted by atomic mass is 9.97. The first-order chi connectivity index (χ1) is 12.2. The summed E-state index contributed by atoms with van der Waals surface area (Å²) >= 11 is 1.53. The van der Waals surface area contributed by atoms with E-state index in [-0.39, 0.29) is 12.6 Å². The Hall–Kier alpha value is -2.54. The third-order valence-corrected chi connectivity index (χ3v) is 5.20. The quantitative estimate of drug-likeness (QED) is 0.580. The number of aryl methyl sites for hydroxylation is 1. The fourth-order valence-electron chi connectivity index (χ4n) is 2.81. The maximum Gasteiger partial charge on any atom is 0.293 e. The average Bonchev–Trinajstić information content (AvgIpc) is 3.26. The van der Waals surface area contributed by atoms with Gasteiger partial charge in [0.15, 0.2) is 0 Å². The third-order valence-electron chi connectivity index (χ3n) is 4.17. The van der Waals surface area contributed by atoms with Crippen LogP contribution in [0.5, 0.6) is 0 Å². The van der Waals surface area contributed by atoms with Crippen molar-refractivity contribution in [3.05, 3.63) is 63.9 Å². The van der Waals surface area contributed by atoms with Gasteiger partial charge in [0.2, 0.25) is 0 Å². The van der Waals surface area contributed by atoms with Gasteiger partial charge in [-0.05, 0) is 24.8 Å². The van der Waals surface area contributed by atoms with Gasteiger partial charge in [-0.1, -0.05) is 42.5 Å². The number of ether oxygens (including phenoxy) is 1. The minimum Gasteiger partial charge on any atom is -0.465 e. The first-order valence-corrected chi connectivity index (χ1v) is 8.98. The van der Waals surface area contributed by atoms with Crippen LogP contribution in [0.2, 0.25) is 0 Å². The molecule has 0 N–H and O–H groups in total. The van der Waals surface area contributed by atoms with Crippen LogP contribution in [0.4, 0.5) is 0 Å². The highest BCUT2D eigenvalue weighted by Crippen LogP contribution is 2.26. The van der Waals surface area contributed by atoms with E-state index in [4.69, 9.17) is 4.74 Å². The number of rotatable bonds is 8. The molecular weight excluding hydrogens is 336 g/mol. The summed E-state index contributed by atoms with van der Waals surface area (Å²) in [7, 11) is 0. The number of aromatic nitrogens is 4. The molecule has 0 aliphatic heterocycles. The second-order valence-electron chi connectivity index (χ2n) is 5.95. The van der Waals surface area contributed by atoms with Crippen LogP contribution in [0.25, 0.3) is 0 Å². The zero-order valence-corrected chi connectivity index (χ0v) is 15.0. The van der Waals surface area contributed by atoms with E-state index in [0.29, 0.717) is 12.4 Å². The summed E-state index contributed by atoms with van der Waals surface area (Å²) in [5, 5.41) is 8.57. The highest BCUT2D eigenvalue weighted by molar-refractivity contribution is 7.09. The van der Waals surface area contributed by atoms with Crippen molar-refractivity contribution in [2.24, 2.45) is 0 Å². The molecule has 2 heterocycles. The number of benzene rings is 1. The molecule has 1 aromatic carbocycles. The largest absolute Gasteiger partial charge is 0.465 e. The molecular formula is C18H20N4O2S. The SMILES string of the molecule is Cc1ncsc1C(COC=O)n1cc(CC(C)c2ccccc2)nn1. The van der Waals surface area contributed by atoms with E-state index in [9.17, 15) is 4.79 Å². The molecule has 0 radical (unpaired) electrons. The van der Waals surface area contributed by atoms with Gasteiger partial charge in [0.25, 0.3) is 6.47 Å². The lowest BCUT2D eigenvalue weighted by Gasteiger charge is -2.14. The van der Waals surface area contributed by atoms with Gasteiger partial charge in [0.1, 0.15) is 12.6 Å². The van der Waals surface area contributed by atoms with Crippen LogP contribution >= 0.6 is 11.3 Å². The molecule has 0 spiro atoms. The van der Waals surface area contributed by atoms with Crippen LogP contribution < -0.4 is 0 Å². The van der Waals surface area contributed by atoms with E-state index in [1.807, 2.05) is 31.3 Å². The van der Waals surface area contributed by atoms with E-state index in [0.717, 1.165) is 22.7 Å². The Morgan fingerprint density at radius 3 is 2.80 bits per heavy atom. The molecule has 0 saturated heterocycles. The van der Waals surface area contributed by atoms with Crippen molar-refractivity contribution in [2.75, 3.05) is 6.61 Å². The Morgan fingerprint density at radius 1 is 1.32 bits per heavy atom. The maximum absolute atomic E-state index is 10.6. The summed E-state index contributed by atoms with van der Waals surface area (Å²) in [6.07, 6.45) is 2.73. The lowest BCUT2D eigenvalue weighted by molar-refractivity contribution is -0.129. The van der Waals surface area contributed by atoms with E-state index in [2.05, 4.69) is 34.4 Å². The summed E-state index contributed by atoms with van der Waals surface area (Å²) in [5.74, 6) is 0.348. The van der Waals surface area contributed by atoms with Crippen molar-refractivity contribution in [3.8, 4) is 0 Å². The molecule has 6 nitrogen and oxygen atoms in total.